The lowest BCUT2D eigenvalue weighted by Gasteiger charge is -2.36. The van der Waals surface area contributed by atoms with E-state index < -0.39 is 0 Å². The van der Waals surface area contributed by atoms with Gasteiger partial charge in [0.2, 0.25) is 0 Å². The van der Waals surface area contributed by atoms with E-state index in [0.717, 1.165) is 23.3 Å². The second-order valence-corrected chi connectivity index (χ2v) is 9.94. The van der Waals surface area contributed by atoms with E-state index in [1.165, 1.54) is 17.0 Å². The number of amidine groups is 1. The predicted molar refractivity (Wildman–Crippen MR) is 145 cm³/mol. The molecule has 1 amide bonds. The highest BCUT2D eigenvalue weighted by Gasteiger charge is 2.32. The van der Waals surface area contributed by atoms with Gasteiger partial charge in [0.05, 0.1) is 22.3 Å². The third-order valence-electron chi connectivity index (χ3n) is 6.70. The van der Waals surface area contributed by atoms with Crippen LogP contribution in [0.4, 0.5) is 11.4 Å². The molecule has 3 aromatic carbocycles. The van der Waals surface area contributed by atoms with Gasteiger partial charge in [0, 0.05) is 43.1 Å². The number of aliphatic hydroxyl groups excluding tert-OH is 1. The van der Waals surface area contributed by atoms with Crippen LogP contribution in [0.3, 0.4) is 0 Å². The van der Waals surface area contributed by atoms with Crippen molar-refractivity contribution in [1.29, 1.82) is 5.41 Å². The molecule has 2 N–H and O–H groups in total. The number of hydrogen-bond acceptors (Lipinski definition) is 6. The molecule has 36 heavy (non-hydrogen) atoms. The zero-order valence-corrected chi connectivity index (χ0v) is 20.4. The molecule has 0 unspecified atom stereocenters. The number of carbonyl (C=O) groups is 1. The highest BCUT2D eigenvalue weighted by molar-refractivity contribution is 7.19. The van der Waals surface area contributed by atoms with Crippen LogP contribution < -0.4 is 9.80 Å². The lowest BCUT2D eigenvalue weighted by Crippen LogP contribution is -2.48. The molecule has 4 aromatic rings. The van der Waals surface area contributed by atoms with Gasteiger partial charge in [-0.3, -0.25) is 10.2 Å². The molecule has 0 atom stereocenters. The van der Waals surface area contributed by atoms with E-state index in [0.29, 0.717) is 34.9 Å². The van der Waals surface area contributed by atoms with E-state index >= 15 is 0 Å². The molecule has 0 bridgehead atoms. The lowest BCUT2D eigenvalue weighted by molar-refractivity contribution is 0.0747. The first-order valence-corrected chi connectivity index (χ1v) is 12.7. The van der Waals surface area contributed by atoms with Crippen molar-refractivity contribution in [3.05, 3.63) is 95.2 Å². The monoisotopic (exact) mass is 495 g/mol. The van der Waals surface area contributed by atoms with Crippen LogP contribution in [0.15, 0.2) is 84.6 Å². The molecule has 1 fully saturated rings. The van der Waals surface area contributed by atoms with Crippen LogP contribution in [0.5, 0.6) is 0 Å². The summed E-state index contributed by atoms with van der Waals surface area (Å²) in [6.45, 7) is 3.06. The number of piperazine rings is 1. The molecule has 0 saturated carbocycles. The Kier molecular flexibility index (Phi) is 5.65. The number of benzene rings is 3. The zero-order valence-electron chi connectivity index (χ0n) is 19.6. The fraction of sp³-hybridized carbons (Fsp3) is 0.179. The number of hydrogen-bond donors (Lipinski definition) is 2. The molecule has 2 aliphatic heterocycles. The Bertz CT molecular complexity index is 1460. The Morgan fingerprint density at radius 2 is 1.61 bits per heavy atom. The molecule has 0 spiro atoms. The summed E-state index contributed by atoms with van der Waals surface area (Å²) in [5.41, 5.74) is 3.77. The molecule has 3 heterocycles. The van der Waals surface area contributed by atoms with Crippen molar-refractivity contribution < 1.29 is 9.90 Å². The normalized spacial score (nSPS) is 16.3. The van der Waals surface area contributed by atoms with Gasteiger partial charge in [-0.1, -0.05) is 36.4 Å². The van der Waals surface area contributed by atoms with Crippen molar-refractivity contribution in [2.45, 2.75) is 0 Å². The molecule has 6 rings (SSSR count). The number of aromatic nitrogens is 1. The molecule has 0 aliphatic carbocycles. The quantitative estimate of drug-likeness (QED) is 0.415. The fourth-order valence-corrected chi connectivity index (χ4v) is 5.83. The van der Waals surface area contributed by atoms with Gasteiger partial charge in [-0.25, -0.2) is 4.98 Å². The molecule has 8 heteroatoms. The Morgan fingerprint density at radius 3 is 2.39 bits per heavy atom. The summed E-state index contributed by atoms with van der Waals surface area (Å²) in [5, 5.41) is 20.2. The summed E-state index contributed by atoms with van der Waals surface area (Å²) in [6.07, 6.45) is 0. The summed E-state index contributed by atoms with van der Waals surface area (Å²) < 4.78 is 1.01. The van der Waals surface area contributed by atoms with Crippen LogP contribution in [-0.4, -0.2) is 59.5 Å². The summed E-state index contributed by atoms with van der Waals surface area (Å²) in [7, 11) is 0. The second-order valence-electron chi connectivity index (χ2n) is 8.91. The van der Waals surface area contributed by atoms with Crippen molar-refractivity contribution in [2.24, 2.45) is 0 Å². The molecule has 7 nitrogen and oxygen atoms in total. The Labute approximate surface area is 213 Å². The number of fused-ring (bicyclic) bond motifs is 1. The molecular formula is C28H25N5O2S. The third kappa shape index (κ3) is 3.99. The minimum Gasteiger partial charge on any atom is -0.510 e. The topological polar surface area (TPSA) is 83.8 Å². The Balaban J connectivity index is 1.18. The number of thiazole rings is 1. The molecule has 0 radical (unpaired) electrons. The van der Waals surface area contributed by atoms with Crippen LogP contribution in [-0.2, 0) is 0 Å². The average molecular weight is 496 g/mol. The number of para-hydroxylation sites is 2. The second kappa shape index (κ2) is 9.13. The number of anilines is 2. The van der Waals surface area contributed by atoms with E-state index in [1.807, 2.05) is 71.6 Å². The third-order valence-corrected chi connectivity index (χ3v) is 7.76. The maximum Gasteiger partial charge on any atom is 0.254 e. The van der Waals surface area contributed by atoms with Gasteiger partial charge in [-0.05, 0) is 42.5 Å². The van der Waals surface area contributed by atoms with Gasteiger partial charge in [-0.15, -0.1) is 11.3 Å². The van der Waals surface area contributed by atoms with Crippen molar-refractivity contribution in [1.82, 2.24) is 9.88 Å². The van der Waals surface area contributed by atoms with Crippen LogP contribution in [0.25, 0.3) is 15.8 Å². The van der Waals surface area contributed by atoms with Crippen LogP contribution >= 0.6 is 11.3 Å². The van der Waals surface area contributed by atoms with E-state index in [9.17, 15) is 9.90 Å². The number of nitrogens with zero attached hydrogens (tertiary/aromatic N) is 4. The SMILES string of the molecule is N=C1C(c2nc3ccccc3s2)=C(O)CN1c1cccc(C(=O)N2CCN(c3ccccc3)CC2)c1. The Morgan fingerprint density at radius 1 is 0.889 bits per heavy atom. The molecule has 1 saturated heterocycles. The molecular weight excluding hydrogens is 470 g/mol. The van der Waals surface area contributed by atoms with E-state index in [4.69, 9.17) is 5.41 Å². The fourth-order valence-electron chi connectivity index (χ4n) is 4.80. The molecule has 1 aromatic heterocycles. The van der Waals surface area contributed by atoms with Gasteiger partial charge in [0.15, 0.2) is 0 Å². The Hall–Kier alpha value is -4.17. The van der Waals surface area contributed by atoms with Gasteiger partial charge in [0.1, 0.15) is 16.6 Å². The summed E-state index contributed by atoms with van der Waals surface area (Å²) in [4.78, 5) is 23.8. The first-order valence-electron chi connectivity index (χ1n) is 11.9. The van der Waals surface area contributed by atoms with Crippen molar-refractivity contribution in [3.63, 3.8) is 0 Å². The highest BCUT2D eigenvalue weighted by Crippen LogP contribution is 2.35. The van der Waals surface area contributed by atoms with E-state index in [-0.39, 0.29) is 24.0 Å². The smallest absolute Gasteiger partial charge is 0.254 e. The molecule has 2 aliphatic rings. The number of rotatable bonds is 4. The first kappa shape index (κ1) is 22.3. The lowest BCUT2D eigenvalue weighted by atomic mass is 10.1. The van der Waals surface area contributed by atoms with Gasteiger partial charge >= 0.3 is 0 Å². The average Bonchev–Trinajstić information content (AvgIpc) is 3.48. The van der Waals surface area contributed by atoms with Crippen molar-refractivity contribution in [3.8, 4) is 0 Å². The van der Waals surface area contributed by atoms with Gasteiger partial charge in [-0.2, -0.15) is 0 Å². The van der Waals surface area contributed by atoms with Crippen molar-refractivity contribution in [2.75, 3.05) is 42.5 Å². The number of carbonyl (C=O) groups excluding carboxylic acids is 1. The van der Waals surface area contributed by atoms with Crippen molar-refractivity contribution >= 4 is 50.2 Å². The predicted octanol–water partition coefficient (Wildman–Crippen LogP) is 5.03. The zero-order chi connectivity index (χ0) is 24.6. The minimum atomic E-state index is -0.0149. The maximum atomic E-state index is 13.3. The number of aliphatic hydroxyl groups is 1. The number of amides is 1. The standard InChI is InChI=1S/C28H25N5O2S/c29-26-25(27-30-22-11-4-5-12-24(22)36-27)23(34)18-33(26)21-10-6-7-19(17-21)28(35)32-15-13-31(14-16-32)20-8-2-1-3-9-20/h1-12,17,29,34H,13-16,18H2. The van der Waals surface area contributed by atoms with Crippen LogP contribution in [0.1, 0.15) is 15.4 Å². The first-order chi connectivity index (χ1) is 17.6. The highest BCUT2D eigenvalue weighted by atomic mass is 32.1. The summed E-state index contributed by atoms with van der Waals surface area (Å²) in [6, 6.07) is 25.4. The summed E-state index contributed by atoms with van der Waals surface area (Å²) >= 11 is 1.46. The largest absolute Gasteiger partial charge is 0.510 e. The number of nitrogens with one attached hydrogen (secondary N) is 1. The minimum absolute atomic E-state index is 0.0149. The van der Waals surface area contributed by atoms with E-state index in [2.05, 4.69) is 22.0 Å². The van der Waals surface area contributed by atoms with E-state index in [1.54, 1.807) is 4.90 Å². The van der Waals surface area contributed by atoms with Gasteiger partial charge in [0.25, 0.3) is 5.91 Å². The van der Waals surface area contributed by atoms with Gasteiger partial charge < -0.3 is 19.8 Å². The van der Waals surface area contributed by atoms with Crippen LogP contribution in [0, 0.1) is 5.41 Å². The maximum absolute atomic E-state index is 13.3. The molecule has 180 valence electrons. The summed E-state index contributed by atoms with van der Waals surface area (Å²) in [5.74, 6) is 0.291. The van der Waals surface area contributed by atoms with Crippen LogP contribution in [0.2, 0.25) is 0 Å².